The van der Waals surface area contributed by atoms with Crippen LogP contribution < -0.4 is 10.0 Å². The number of nitrogens with zero attached hydrogens (tertiary/aromatic N) is 1. The maximum absolute atomic E-state index is 12.0. The third-order valence-corrected chi connectivity index (χ3v) is 6.09. The van der Waals surface area contributed by atoms with Crippen LogP contribution in [0.2, 0.25) is 0 Å². The van der Waals surface area contributed by atoms with E-state index in [2.05, 4.69) is 0 Å². The number of carbonyl (C=O) groups excluding carboxylic acids is 1. The molecule has 122 valence electrons. The van der Waals surface area contributed by atoms with E-state index in [-0.39, 0.29) is 0 Å². The number of thiophene rings is 1. The zero-order valence-electron chi connectivity index (χ0n) is 12.7. The first-order valence-electron chi connectivity index (χ1n) is 7.39. The summed E-state index contributed by atoms with van der Waals surface area (Å²) in [5.74, 6) is -0.568. The van der Waals surface area contributed by atoms with Crippen molar-refractivity contribution in [2.45, 2.75) is 32.6 Å². The Kier molecular flexibility index (Phi) is 4.52. The Hall–Kier alpha value is -1.70. The summed E-state index contributed by atoms with van der Waals surface area (Å²) in [7, 11) is 0. The average molecular weight is 349 g/mol. The lowest BCUT2D eigenvalue weighted by Gasteiger charge is -2.26. The molecule has 1 unspecified atom stereocenters. The Morgan fingerprint density at radius 2 is 1.91 bits per heavy atom. The van der Waals surface area contributed by atoms with Crippen LogP contribution in [0.1, 0.15) is 39.2 Å². The summed E-state index contributed by atoms with van der Waals surface area (Å²) in [5.41, 5.74) is 8.38. The first-order valence-corrected chi connectivity index (χ1v) is 9.24. The van der Waals surface area contributed by atoms with Crippen molar-refractivity contribution in [1.29, 1.82) is 0 Å². The minimum atomic E-state index is -2.53. The highest BCUT2D eigenvalue weighted by atomic mass is 32.2. The Bertz CT molecular complexity index is 768. The fourth-order valence-corrected chi connectivity index (χ4v) is 5.04. The molecule has 0 fully saturated rings. The fraction of sp³-hybridized carbons (Fsp3) is 0.312. The minimum Gasteiger partial charge on any atom is -0.755 e. The zero-order valence-corrected chi connectivity index (χ0v) is 14.3. The van der Waals surface area contributed by atoms with Crippen LogP contribution in [0.25, 0.3) is 0 Å². The van der Waals surface area contributed by atoms with Crippen molar-refractivity contribution in [2.24, 2.45) is 5.73 Å². The molecule has 0 aliphatic heterocycles. The van der Waals surface area contributed by atoms with Crippen LogP contribution in [0.15, 0.2) is 24.3 Å². The van der Waals surface area contributed by atoms with E-state index < -0.39 is 17.2 Å². The van der Waals surface area contributed by atoms with E-state index in [0.29, 0.717) is 16.3 Å². The first kappa shape index (κ1) is 16.2. The maximum Gasteiger partial charge on any atom is 0.252 e. The molecule has 7 heteroatoms. The highest BCUT2D eigenvalue weighted by molar-refractivity contribution is 7.81. The van der Waals surface area contributed by atoms with Gasteiger partial charge in [-0.3, -0.25) is 13.3 Å². The van der Waals surface area contributed by atoms with Gasteiger partial charge in [-0.25, -0.2) is 0 Å². The van der Waals surface area contributed by atoms with Crippen LogP contribution in [-0.2, 0) is 24.1 Å². The molecular formula is C16H17N2O3S2-. The topological polar surface area (TPSA) is 86.5 Å². The Balaban J connectivity index is 2.17. The number of benzene rings is 1. The molecule has 23 heavy (non-hydrogen) atoms. The molecule has 2 N–H and O–H groups in total. The van der Waals surface area contributed by atoms with Gasteiger partial charge in [0, 0.05) is 4.88 Å². The van der Waals surface area contributed by atoms with Gasteiger partial charge >= 0.3 is 0 Å². The minimum absolute atomic E-state index is 0.356. The predicted octanol–water partition coefficient (Wildman–Crippen LogP) is 2.97. The van der Waals surface area contributed by atoms with Crippen LogP contribution in [-0.4, -0.2) is 14.7 Å². The molecule has 0 spiro atoms. The van der Waals surface area contributed by atoms with Gasteiger partial charge in [-0.05, 0) is 50.3 Å². The van der Waals surface area contributed by atoms with Crippen molar-refractivity contribution >= 4 is 39.2 Å². The third-order valence-electron chi connectivity index (χ3n) is 4.00. The number of amides is 1. The number of hydrogen-bond acceptors (Lipinski definition) is 4. The summed E-state index contributed by atoms with van der Waals surface area (Å²) >= 11 is -1.17. The molecular weight excluding hydrogens is 332 g/mol. The molecule has 1 heterocycles. The number of fused-ring (bicyclic) bond motifs is 1. The van der Waals surface area contributed by atoms with Crippen LogP contribution in [0.3, 0.4) is 0 Å². The second-order valence-electron chi connectivity index (χ2n) is 5.60. The van der Waals surface area contributed by atoms with Crippen LogP contribution in [0, 0.1) is 6.92 Å². The monoisotopic (exact) mass is 349 g/mol. The largest absolute Gasteiger partial charge is 0.755 e. The van der Waals surface area contributed by atoms with E-state index in [1.807, 2.05) is 19.1 Å². The lowest BCUT2D eigenvalue weighted by atomic mass is 9.95. The molecule has 1 aromatic heterocycles. The maximum atomic E-state index is 12.0. The standard InChI is InChI=1S/C16H18N2O3S2/c1-10-6-8-11(9-7-10)18(23(20)21)16-14(15(17)19)12-4-2-3-5-13(12)22-16/h6-9H,2-5H2,1H3,(H2,17,19)(H,20,21)/p-1. The van der Waals surface area contributed by atoms with Gasteiger partial charge in [0.05, 0.1) is 22.5 Å². The van der Waals surface area contributed by atoms with Crippen molar-refractivity contribution in [3.05, 3.63) is 45.8 Å². The van der Waals surface area contributed by atoms with E-state index in [9.17, 15) is 13.6 Å². The Morgan fingerprint density at radius 3 is 2.52 bits per heavy atom. The highest BCUT2D eigenvalue weighted by Crippen LogP contribution is 2.43. The van der Waals surface area contributed by atoms with Gasteiger partial charge in [0.1, 0.15) is 5.00 Å². The molecule has 1 amide bonds. The number of hydrogen-bond donors (Lipinski definition) is 1. The Labute approximate surface area is 141 Å². The number of anilines is 2. The van der Waals surface area contributed by atoms with Crippen molar-refractivity contribution in [3.63, 3.8) is 0 Å². The second-order valence-corrected chi connectivity index (χ2v) is 7.49. The van der Waals surface area contributed by atoms with Gasteiger partial charge in [0.15, 0.2) is 0 Å². The van der Waals surface area contributed by atoms with Crippen molar-refractivity contribution in [3.8, 4) is 0 Å². The lowest BCUT2D eigenvalue weighted by Crippen LogP contribution is -2.23. The van der Waals surface area contributed by atoms with E-state index in [1.54, 1.807) is 12.1 Å². The number of carbonyl (C=O) groups is 1. The Morgan fingerprint density at radius 1 is 1.26 bits per heavy atom. The molecule has 1 aromatic carbocycles. The highest BCUT2D eigenvalue weighted by Gasteiger charge is 2.28. The average Bonchev–Trinajstić information content (AvgIpc) is 2.88. The third kappa shape index (κ3) is 3.04. The molecule has 1 aliphatic rings. The molecule has 0 bridgehead atoms. The van der Waals surface area contributed by atoms with Gasteiger partial charge in [0.25, 0.3) is 5.91 Å². The molecule has 2 aromatic rings. The van der Waals surface area contributed by atoms with Crippen molar-refractivity contribution in [2.75, 3.05) is 4.31 Å². The van der Waals surface area contributed by atoms with Gasteiger partial charge in [-0.2, -0.15) is 0 Å². The molecule has 0 saturated carbocycles. The summed E-state index contributed by atoms with van der Waals surface area (Å²) in [4.78, 5) is 13.0. The summed E-state index contributed by atoms with van der Waals surface area (Å²) < 4.78 is 24.9. The number of rotatable bonds is 4. The van der Waals surface area contributed by atoms with E-state index in [4.69, 9.17) is 5.73 Å². The van der Waals surface area contributed by atoms with E-state index in [1.165, 1.54) is 15.6 Å². The molecule has 1 atom stereocenters. The zero-order chi connectivity index (χ0) is 16.6. The number of aryl methyl sites for hydroxylation is 2. The van der Waals surface area contributed by atoms with Gasteiger partial charge in [-0.1, -0.05) is 17.7 Å². The summed E-state index contributed by atoms with van der Waals surface area (Å²) in [6.45, 7) is 1.93. The normalized spacial score (nSPS) is 15.0. The van der Waals surface area contributed by atoms with Gasteiger partial charge in [0.2, 0.25) is 0 Å². The summed E-state index contributed by atoms with van der Waals surface area (Å²) in [6, 6.07) is 7.14. The molecule has 3 rings (SSSR count). The predicted molar refractivity (Wildman–Crippen MR) is 91.7 cm³/mol. The quantitative estimate of drug-likeness (QED) is 0.861. The number of nitrogens with two attached hydrogens (primary N) is 1. The van der Waals surface area contributed by atoms with Crippen LogP contribution >= 0.6 is 11.3 Å². The smallest absolute Gasteiger partial charge is 0.252 e. The van der Waals surface area contributed by atoms with E-state index in [0.717, 1.165) is 41.7 Å². The van der Waals surface area contributed by atoms with Crippen LogP contribution in [0.4, 0.5) is 10.7 Å². The van der Waals surface area contributed by atoms with Gasteiger partial charge in [-0.15, -0.1) is 11.3 Å². The molecule has 5 nitrogen and oxygen atoms in total. The second kappa shape index (κ2) is 6.43. The molecule has 0 saturated heterocycles. The van der Waals surface area contributed by atoms with Gasteiger partial charge < -0.3 is 10.3 Å². The first-order chi connectivity index (χ1) is 11.0. The summed E-state index contributed by atoms with van der Waals surface area (Å²) in [6.07, 6.45) is 3.69. The SMILES string of the molecule is Cc1ccc(N(c2sc3c(c2C(N)=O)CCCC3)S(=O)[O-])cc1. The molecule has 1 aliphatic carbocycles. The summed E-state index contributed by atoms with van der Waals surface area (Å²) in [5, 5.41) is 0.404. The van der Waals surface area contributed by atoms with E-state index >= 15 is 0 Å². The van der Waals surface area contributed by atoms with Crippen molar-refractivity contribution in [1.82, 2.24) is 0 Å². The van der Waals surface area contributed by atoms with Crippen LogP contribution in [0.5, 0.6) is 0 Å². The molecule has 0 radical (unpaired) electrons. The number of primary amides is 1. The lowest BCUT2D eigenvalue weighted by molar-refractivity contribution is 0.100. The fourth-order valence-electron chi connectivity index (χ4n) is 2.90. The van der Waals surface area contributed by atoms with Crippen molar-refractivity contribution < 1.29 is 13.6 Å².